The Kier molecular flexibility index (Phi) is 5.86. The van der Waals surface area contributed by atoms with Crippen LogP contribution in [0.1, 0.15) is 34.7 Å². The van der Waals surface area contributed by atoms with Gasteiger partial charge in [0.05, 0.1) is 11.7 Å². The van der Waals surface area contributed by atoms with E-state index >= 15 is 0 Å². The highest BCUT2D eigenvalue weighted by atomic mass is 16.5. The molecule has 1 N–H and O–H groups in total. The Morgan fingerprint density at radius 3 is 2.83 bits per heavy atom. The van der Waals surface area contributed by atoms with Crippen LogP contribution in [0.3, 0.4) is 0 Å². The number of ether oxygens (including phenoxy) is 2. The maximum Gasteiger partial charge on any atom is 0.264 e. The van der Waals surface area contributed by atoms with Crippen LogP contribution < -0.4 is 10.1 Å². The van der Waals surface area contributed by atoms with E-state index < -0.39 is 0 Å². The van der Waals surface area contributed by atoms with E-state index in [0.29, 0.717) is 29.6 Å². The summed E-state index contributed by atoms with van der Waals surface area (Å²) in [6, 6.07) is 15.0. The van der Waals surface area contributed by atoms with Crippen molar-refractivity contribution >= 4 is 5.91 Å². The van der Waals surface area contributed by atoms with Crippen LogP contribution in [-0.2, 0) is 11.3 Å². The molecule has 1 saturated heterocycles. The molecule has 1 aliphatic heterocycles. The molecule has 1 aliphatic rings. The van der Waals surface area contributed by atoms with Crippen molar-refractivity contribution in [2.45, 2.75) is 32.5 Å². The van der Waals surface area contributed by atoms with Crippen LogP contribution in [-0.4, -0.2) is 35.3 Å². The van der Waals surface area contributed by atoms with Gasteiger partial charge in [0.25, 0.3) is 11.8 Å². The summed E-state index contributed by atoms with van der Waals surface area (Å²) in [5, 5.41) is 6.91. The van der Waals surface area contributed by atoms with E-state index in [1.54, 1.807) is 18.2 Å². The number of nitrogens with zero attached hydrogens (tertiary/aromatic N) is 2. The number of amides is 1. The van der Waals surface area contributed by atoms with Gasteiger partial charge in [-0.1, -0.05) is 47.1 Å². The molecule has 2 aromatic carbocycles. The molecule has 0 radical (unpaired) electrons. The number of hydrogen-bond acceptors (Lipinski definition) is 6. The van der Waals surface area contributed by atoms with Crippen LogP contribution >= 0.6 is 0 Å². The van der Waals surface area contributed by atoms with E-state index in [-0.39, 0.29) is 18.6 Å². The maximum atomic E-state index is 12.6. The quantitative estimate of drug-likeness (QED) is 0.661. The van der Waals surface area contributed by atoms with Gasteiger partial charge < -0.3 is 19.3 Å². The predicted molar refractivity (Wildman–Crippen MR) is 107 cm³/mol. The lowest BCUT2D eigenvalue weighted by Crippen LogP contribution is -2.32. The molecule has 0 saturated carbocycles. The number of carbonyl (C=O) groups is 1. The summed E-state index contributed by atoms with van der Waals surface area (Å²) in [6.07, 6.45) is 2.10. The molecule has 0 spiro atoms. The highest BCUT2D eigenvalue weighted by Gasteiger charge is 2.19. The van der Waals surface area contributed by atoms with E-state index in [1.807, 2.05) is 37.3 Å². The molecule has 29 heavy (non-hydrogen) atoms. The number of aromatic nitrogens is 2. The molecule has 4 rings (SSSR count). The fourth-order valence-corrected chi connectivity index (χ4v) is 3.16. The number of carbonyl (C=O) groups excluding carboxylic acids is 1. The second-order valence-electron chi connectivity index (χ2n) is 7.01. The zero-order chi connectivity index (χ0) is 20.1. The Morgan fingerprint density at radius 2 is 2.03 bits per heavy atom. The first kappa shape index (κ1) is 19.1. The molecule has 7 heteroatoms. The summed E-state index contributed by atoms with van der Waals surface area (Å²) >= 11 is 0. The van der Waals surface area contributed by atoms with Crippen molar-refractivity contribution < 1.29 is 18.8 Å². The largest absolute Gasteiger partial charge is 0.483 e. The lowest BCUT2D eigenvalue weighted by molar-refractivity contribution is 0.0853. The topological polar surface area (TPSA) is 86.5 Å². The molecule has 1 fully saturated rings. The molecule has 3 aromatic rings. The second kappa shape index (κ2) is 8.87. The summed E-state index contributed by atoms with van der Waals surface area (Å²) in [5.41, 5.74) is 2.50. The Balaban J connectivity index is 1.38. The van der Waals surface area contributed by atoms with E-state index in [2.05, 4.69) is 15.5 Å². The Bertz CT molecular complexity index is 962. The number of benzene rings is 2. The highest BCUT2D eigenvalue weighted by Crippen LogP contribution is 2.21. The molecule has 1 atom stereocenters. The summed E-state index contributed by atoms with van der Waals surface area (Å²) in [4.78, 5) is 16.9. The van der Waals surface area contributed by atoms with E-state index in [1.165, 1.54) is 0 Å². The average molecular weight is 393 g/mol. The van der Waals surface area contributed by atoms with Gasteiger partial charge in [-0.25, -0.2) is 0 Å². The molecule has 7 nitrogen and oxygen atoms in total. The molecule has 150 valence electrons. The third-order valence-corrected chi connectivity index (χ3v) is 4.77. The summed E-state index contributed by atoms with van der Waals surface area (Å²) in [7, 11) is 0. The first-order valence-electron chi connectivity index (χ1n) is 9.70. The number of rotatable bonds is 7. The first-order chi connectivity index (χ1) is 14.2. The smallest absolute Gasteiger partial charge is 0.264 e. The van der Waals surface area contributed by atoms with Crippen molar-refractivity contribution in [2.24, 2.45) is 0 Å². The van der Waals surface area contributed by atoms with Crippen molar-refractivity contribution in [3.05, 3.63) is 65.5 Å². The highest BCUT2D eigenvalue weighted by molar-refractivity contribution is 5.96. The zero-order valence-electron chi connectivity index (χ0n) is 16.3. The lowest BCUT2D eigenvalue weighted by atomic mass is 10.1. The zero-order valence-corrected chi connectivity index (χ0v) is 16.3. The number of nitrogens with one attached hydrogen (secondary N) is 1. The summed E-state index contributed by atoms with van der Waals surface area (Å²) in [5.74, 6) is 1.12. The fourth-order valence-electron chi connectivity index (χ4n) is 3.16. The van der Waals surface area contributed by atoms with Gasteiger partial charge in [-0.05, 0) is 31.9 Å². The van der Waals surface area contributed by atoms with Crippen molar-refractivity contribution in [3.63, 3.8) is 0 Å². The van der Waals surface area contributed by atoms with Crippen LogP contribution in [0.15, 0.2) is 53.1 Å². The standard InChI is InChI=1S/C22H23N3O4/c1-15-8-10-16(11-9-15)21-24-20(29-25-21)14-28-19-7-3-2-6-18(19)22(26)23-13-17-5-4-12-27-17/h2-3,6-11,17H,4-5,12-14H2,1H3,(H,23,26). The fraction of sp³-hybridized carbons (Fsp3) is 0.318. The normalized spacial score (nSPS) is 16.0. The minimum atomic E-state index is -0.193. The molecule has 1 unspecified atom stereocenters. The third kappa shape index (κ3) is 4.81. The monoisotopic (exact) mass is 393 g/mol. The van der Waals surface area contributed by atoms with E-state index in [9.17, 15) is 4.79 Å². The van der Waals surface area contributed by atoms with Crippen molar-refractivity contribution in [1.29, 1.82) is 0 Å². The Labute approximate surface area is 169 Å². The molecule has 1 amide bonds. The van der Waals surface area contributed by atoms with Crippen LogP contribution in [0.25, 0.3) is 11.4 Å². The SMILES string of the molecule is Cc1ccc(-c2noc(COc3ccccc3C(=O)NCC3CCCO3)n2)cc1. The van der Waals surface area contributed by atoms with E-state index in [0.717, 1.165) is 30.6 Å². The Morgan fingerprint density at radius 1 is 1.21 bits per heavy atom. The molecular formula is C22H23N3O4. The van der Waals surface area contributed by atoms with Gasteiger partial charge in [-0.3, -0.25) is 4.79 Å². The molecule has 2 heterocycles. The van der Waals surface area contributed by atoms with Gasteiger partial charge in [-0.2, -0.15) is 4.98 Å². The number of aryl methyl sites for hydroxylation is 1. The van der Waals surface area contributed by atoms with Crippen molar-refractivity contribution in [3.8, 4) is 17.1 Å². The van der Waals surface area contributed by atoms with Crippen molar-refractivity contribution in [1.82, 2.24) is 15.5 Å². The van der Waals surface area contributed by atoms with Crippen LogP contribution in [0.5, 0.6) is 5.75 Å². The molecule has 0 aliphatic carbocycles. The van der Waals surface area contributed by atoms with Gasteiger partial charge in [0.2, 0.25) is 5.82 Å². The summed E-state index contributed by atoms with van der Waals surface area (Å²) < 4.78 is 16.6. The first-order valence-corrected chi connectivity index (χ1v) is 9.70. The van der Waals surface area contributed by atoms with Gasteiger partial charge in [0.1, 0.15) is 5.75 Å². The molecule has 0 bridgehead atoms. The van der Waals surface area contributed by atoms with Gasteiger partial charge in [0.15, 0.2) is 6.61 Å². The summed E-state index contributed by atoms with van der Waals surface area (Å²) in [6.45, 7) is 3.36. The average Bonchev–Trinajstić information content (AvgIpc) is 3.43. The predicted octanol–water partition coefficient (Wildman–Crippen LogP) is 3.53. The Hall–Kier alpha value is -3.19. The van der Waals surface area contributed by atoms with Crippen molar-refractivity contribution in [2.75, 3.05) is 13.2 Å². The lowest BCUT2D eigenvalue weighted by Gasteiger charge is -2.13. The minimum Gasteiger partial charge on any atom is -0.483 e. The molecular weight excluding hydrogens is 370 g/mol. The number of para-hydroxylation sites is 1. The molecule has 1 aromatic heterocycles. The van der Waals surface area contributed by atoms with Crippen LogP contribution in [0, 0.1) is 6.92 Å². The van der Waals surface area contributed by atoms with Gasteiger partial charge in [-0.15, -0.1) is 0 Å². The van der Waals surface area contributed by atoms with Gasteiger partial charge in [0, 0.05) is 18.7 Å². The van der Waals surface area contributed by atoms with Gasteiger partial charge >= 0.3 is 0 Å². The maximum absolute atomic E-state index is 12.6. The van der Waals surface area contributed by atoms with E-state index in [4.69, 9.17) is 14.0 Å². The second-order valence-corrected chi connectivity index (χ2v) is 7.01. The van der Waals surface area contributed by atoms with Crippen LogP contribution in [0.4, 0.5) is 0 Å². The van der Waals surface area contributed by atoms with Crippen LogP contribution in [0.2, 0.25) is 0 Å². The number of hydrogen-bond donors (Lipinski definition) is 1. The third-order valence-electron chi connectivity index (χ3n) is 4.77. The minimum absolute atomic E-state index is 0.0783.